The number of para-hydroxylation sites is 1. The lowest BCUT2D eigenvalue weighted by Gasteiger charge is -2.49. The Labute approximate surface area is 115 Å². The Bertz CT molecular complexity index is 442. The van der Waals surface area contributed by atoms with Crippen molar-refractivity contribution in [2.75, 3.05) is 19.4 Å². The summed E-state index contributed by atoms with van der Waals surface area (Å²) in [4.78, 5) is 2.45. The summed E-state index contributed by atoms with van der Waals surface area (Å²) in [6, 6.07) is 8.81. The lowest BCUT2D eigenvalue weighted by molar-refractivity contribution is -0.147. The maximum atomic E-state index is 6.04. The summed E-state index contributed by atoms with van der Waals surface area (Å²) in [6.07, 6.45) is 6.18. The SMILES string of the molecule is CN(Cc1ccccc1N)C1CCOC2(CCC2)C1. The van der Waals surface area contributed by atoms with Gasteiger partial charge in [-0.2, -0.15) is 0 Å². The van der Waals surface area contributed by atoms with Crippen LogP contribution in [0.25, 0.3) is 0 Å². The van der Waals surface area contributed by atoms with Gasteiger partial charge in [0.25, 0.3) is 0 Å². The van der Waals surface area contributed by atoms with Gasteiger partial charge in [0.05, 0.1) is 5.60 Å². The number of nitrogens with two attached hydrogens (primary N) is 1. The van der Waals surface area contributed by atoms with Gasteiger partial charge < -0.3 is 10.5 Å². The van der Waals surface area contributed by atoms with Crippen LogP contribution in [0.15, 0.2) is 24.3 Å². The van der Waals surface area contributed by atoms with Crippen LogP contribution >= 0.6 is 0 Å². The Kier molecular flexibility index (Phi) is 3.50. The molecule has 1 saturated carbocycles. The third kappa shape index (κ3) is 2.63. The van der Waals surface area contributed by atoms with E-state index in [1.165, 1.54) is 31.2 Å². The summed E-state index contributed by atoms with van der Waals surface area (Å²) < 4.78 is 6.00. The number of nitrogens with zero attached hydrogens (tertiary/aromatic N) is 1. The molecule has 0 aromatic heterocycles. The van der Waals surface area contributed by atoms with Crippen molar-refractivity contribution < 1.29 is 4.74 Å². The molecule has 3 heteroatoms. The molecule has 1 aromatic carbocycles. The average molecular weight is 260 g/mol. The zero-order valence-corrected chi connectivity index (χ0v) is 11.8. The van der Waals surface area contributed by atoms with Crippen molar-refractivity contribution in [3.05, 3.63) is 29.8 Å². The van der Waals surface area contributed by atoms with Gasteiger partial charge in [0, 0.05) is 24.9 Å². The molecule has 2 aliphatic rings. The standard InChI is InChI=1S/C16H24N2O/c1-18(12-13-5-2-3-6-15(13)17)14-7-10-19-16(11-14)8-4-9-16/h2-3,5-6,14H,4,7-12,17H2,1H3. The van der Waals surface area contributed by atoms with E-state index in [0.717, 1.165) is 25.3 Å². The van der Waals surface area contributed by atoms with Gasteiger partial charge in [-0.15, -0.1) is 0 Å². The van der Waals surface area contributed by atoms with Crippen molar-refractivity contribution in [3.63, 3.8) is 0 Å². The minimum absolute atomic E-state index is 0.222. The summed E-state index contributed by atoms with van der Waals surface area (Å²) in [5, 5.41) is 0. The molecule has 0 amide bonds. The van der Waals surface area contributed by atoms with Gasteiger partial charge in [0.1, 0.15) is 0 Å². The van der Waals surface area contributed by atoms with E-state index in [1.54, 1.807) is 0 Å². The van der Waals surface area contributed by atoms with Crippen molar-refractivity contribution >= 4 is 5.69 Å². The van der Waals surface area contributed by atoms with E-state index >= 15 is 0 Å². The van der Waals surface area contributed by atoms with Crippen LogP contribution in [0.5, 0.6) is 0 Å². The van der Waals surface area contributed by atoms with E-state index in [2.05, 4.69) is 24.1 Å². The number of ether oxygens (including phenoxy) is 1. The molecule has 2 fully saturated rings. The highest BCUT2D eigenvalue weighted by atomic mass is 16.5. The van der Waals surface area contributed by atoms with Crippen molar-refractivity contribution in [1.82, 2.24) is 4.90 Å². The van der Waals surface area contributed by atoms with Crippen molar-refractivity contribution in [1.29, 1.82) is 0 Å². The number of benzene rings is 1. The molecule has 19 heavy (non-hydrogen) atoms. The minimum Gasteiger partial charge on any atom is -0.398 e. The molecule has 3 rings (SSSR count). The second-order valence-corrected chi connectivity index (χ2v) is 6.15. The summed E-state index contributed by atoms with van der Waals surface area (Å²) in [5.74, 6) is 0. The minimum atomic E-state index is 0.222. The molecule has 1 saturated heterocycles. The molecular formula is C16H24N2O. The zero-order valence-electron chi connectivity index (χ0n) is 11.8. The molecule has 104 valence electrons. The molecule has 1 unspecified atom stereocenters. The number of nitrogen functional groups attached to an aromatic ring is 1. The van der Waals surface area contributed by atoms with Crippen LogP contribution in [0, 0.1) is 0 Å². The molecule has 3 nitrogen and oxygen atoms in total. The van der Waals surface area contributed by atoms with E-state index in [9.17, 15) is 0 Å². The first kappa shape index (κ1) is 12.9. The third-order valence-electron chi connectivity index (χ3n) is 4.83. The van der Waals surface area contributed by atoms with Gasteiger partial charge in [-0.05, 0) is 50.8 Å². The molecule has 1 spiro atoms. The van der Waals surface area contributed by atoms with E-state index < -0.39 is 0 Å². The van der Waals surface area contributed by atoms with Gasteiger partial charge in [0.15, 0.2) is 0 Å². The largest absolute Gasteiger partial charge is 0.398 e. The smallest absolute Gasteiger partial charge is 0.0697 e. The Balaban J connectivity index is 1.64. The van der Waals surface area contributed by atoms with Crippen molar-refractivity contribution in [3.8, 4) is 0 Å². The van der Waals surface area contributed by atoms with Crippen molar-refractivity contribution in [2.24, 2.45) is 0 Å². The maximum Gasteiger partial charge on any atom is 0.0697 e. The fourth-order valence-electron chi connectivity index (χ4n) is 3.37. The van der Waals surface area contributed by atoms with E-state index in [4.69, 9.17) is 10.5 Å². The topological polar surface area (TPSA) is 38.5 Å². The van der Waals surface area contributed by atoms with Crippen LogP contribution in [0.4, 0.5) is 5.69 Å². The van der Waals surface area contributed by atoms with Crippen LogP contribution < -0.4 is 5.73 Å². The molecule has 1 heterocycles. The lowest BCUT2D eigenvalue weighted by Crippen LogP contribution is -2.51. The van der Waals surface area contributed by atoms with Crippen LogP contribution in [0.1, 0.15) is 37.7 Å². The van der Waals surface area contributed by atoms with E-state index in [0.29, 0.717) is 6.04 Å². The van der Waals surface area contributed by atoms with Crippen LogP contribution in [-0.2, 0) is 11.3 Å². The van der Waals surface area contributed by atoms with E-state index in [1.807, 2.05) is 12.1 Å². The first-order chi connectivity index (χ1) is 9.19. The third-order valence-corrected chi connectivity index (χ3v) is 4.83. The normalized spacial score (nSPS) is 25.5. The fraction of sp³-hybridized carbons (Fsp3) is 0.625. The molecule has 1 aliphatic carbocycles. The summed E-state index contributed by atoms with van der Waals surface area (Å²) >= 11 is 0. The second kappa shape index (κ2) is 5.14. The Morgan fingerprint density at radius 1 is 1.37 bits per heavy atom. The molecule has 2 N–H and O–H groups in total. The molecule has 1 atom stereocenters. The lowest BCUT2D eigenvalue weighted by atomic mass is 9.73. The summed E-state index contributed by atoms with van der Waals surface area (Å²) in [6.45, 7) is 1.85. The number of rotatable bonds is 3. The van der Waals surface area contributed by atoms with Gasteiger partial charge in [-0.1, -0.05) is 18.2 Å². The highest BCUT2D eigenvalue weighted by molar-refractivity contribution is 5.46. The second-order valence-electron chi connectivity index (χ2n) is 6.15. The maximum absolute atomic E-state index is 6.04. The Morgan fingerprint density at radius 3 is 2.84 bits per heavy atom. The number of hydrogen-bond acceptors (Lipinski definition) is 3. The fourth-order valence-corrected chi connectivity index (χ4v) is 3.37. The Hall–Kier alpha value is -1.06. The zero-order chi connectivity index (χ0) is 13.3. The molecule has 0 bridgehead atoms. The van der Waals surface area contributed by atoms with Crippen LogP contribution in [0.2, 0.25) is 0 Å². The predicted octanol–water partition coefficient (Wildman–Crippen LogP) is 2.80. The monoisotopic (exact) mass is 260 g/mol. The highest BCUT2D eigenvalue weighted by Gasteiger charge is 2.43. The summed E-state index contributed by atoms with van der Waals surface area (Å²) in [5.41, 5.74) is 8.40. The molecular weight excluding hydrogens is 236 g/mol. The first-order valence-electron chi connectivity index (χ1n) is 7.36. The van der Waals surface area contributed by atoms with Gasteiger partial charge >= 0.3 is 0 Å². The van der Waals surface area contributed by atoms with Crippen molar-refractivity contribution in [2.45, 2.75) is 50.3 Å². The molecule has 1 aliphatic heterocycles. The highest BCUT2D eigenvalue weighted by Crippen LogP contribution is 2.43. The molecule has 1 aromatic rings. The summed E-state index contributed by atoms with van der Waals surface area (Å²) in [7, 11) is 2.22. The Morgan fingerprint density at radius 2 is 2.16 bits per heavy atom. The van der Waals surface area contributed by atoms with Gasteiger partial charge in [-0.25, -0.2) is 0 Å². The van der Waals surface area contributed by atoms with E-state index in [-0.39, 0.29) is 5.60 Å². The molecule has 0 radical (unpaired) electrons. The predicted molar refractivity (Wildman–Crippen MR) is 77.9 cm³/mol. The number of anilines is 1. The first-order valence-corrected chi connectivity index (χ1v) is 7.36. The number of hydrogen-bond donors (Lipinski definition) is 1. The van der Waals surface area contributed by atoms with Crippen LogP contribution in [0.3, 0.4) is 0 Å². The van der Waals surface area contributed by atoms with Crippen LogP contribution in [-0.4, -0.2) is 30.2 Å². The van der Waals surface area contributed by atoms with Gasteiger partial charge in [0.2, 0.25) is 0 Å². The van der Waals surface area contributed by atoms with Gasteiger partial charge in [-0.3, -0.25) is 4.90 Å². The quantitative estimate of drug-likeness (QED) is 0.849. The average Bonchev–Trinajstić information content (AvgIpc) is 2.40.